The largest absolute Gasteiger partial charge is 0.396 e. The first kappa shape index (κ1) is 14.5. The molecule has 9 heteroatoms. The van der Waals surface area contributed by atoms with Crippen LogP contribution in [-0.2, 0) is 14.8 Å². The smallest absolute Gasteiger partial charge is 0.255 e. The van der Waals surface area contributed by atoms with Gasteiger partial charge in [0.15, 0.2) is 0 Å². The van der Waals surface area contributed by atoms with Crippen LogP contribution in [0.4, 0.5) is 10.1 Å². The number of anilines is 1. The van der Waals surface area contributed by atoms with E-state index >= 15 is 0 Å². The molecular formula is C10H13ClFN3O3S. The van der Waals surface area contributed by atoms with Gasteiger partial charge in [-0.2, -0.15) is 0 Å². The lowest BCUT2D eigenvalue weighted by Gasteiger charge is -2.26. The van der Waals surface area contributed by atoms with E-state index in [1.807, 2.05) is 0 Å². The minimum absolute atomic E-state index is 0.215. The Bertz CT molecular complexity index is 576. The Morgan fingerprint density at radius 3 is 2.63 bits per heavy atom. The van der Waals surface area contributed by atoms with Gasteiger partial charge in [-0.15, -0.1) is 4.83 Å². The number of benzene rings is 1. The maximum Gasteiger partial charge on any atom is 0.255 e. The monoisotopic (exact) mass is 309 g/mol. The van der Waals surface area contributed by atoms with Gasteiger partial charge in [-0.1, -0.05) is 11.6 Å². The molecule has 1 fully saturated rings. The van der Waals surface area contributed by atoms with Gasteiger partial charge in [0.25, 0.3) is 10.0 Å². The summed E-state index contributed by atoms with van der Waals surface area (Å²) < 4.78 is 42.5. The first-order valence-electron chi connectivity index (χ1n) is 5.50. The van der Waals surface area contributed by atoms with E-state index in [9.17, 15) is 12.8 Å². The lowest BCUT2D eigenvalue weighted by Crippen LogP contribution is -2.48. The van der Waals surface area contributed by atoms with E-state index in [1.54, 1.807) is 0 Å². The van der Waals surface area contributed by atoms with Gasteiger partial charge in [0, 0.05) is 13.1 Å². The summed E-state index contributed by atoms with van der Waals surface area (Å²) in [7, 11) is -3.89. The standard InChI is InChI=1S/C10H13ClFN3O3S/c11-7-5-8(12)9(13)6-10(7)19(16,17)14-15-1-3-18-4-2-15/h5-6,14H,1-4,13H2. The van der Waals surface area contributed by atoms with Gasteiger partial charge in [-0.25, -0.2) is 17.8 Å². The second-order valence-corrected chi connectivity index (χ2v) is 6.03. The molecular weight excluding hydrogens is 297 g/mol. The summed E-state index contributed by atoms with van der Waals surface area (Å²) in [5.41, 5.74) is 5.09. The van der Waals surface area contributed by atoms with Crippen molar-refractivity contribution in [1.29, 1.82) is 0 Å². The van der Waals surface area contributed by atoms with Crippen LogP contribution in [-0.4, -0.2) is 39.7 Å². The Morgan fingerprint density at radius 2 is 2.00 bits per heavy atom. The molecule has 1 heterocycles. The Hall–Kier alpha value is -0.930. The topological polar surface area (TPSA) is 84.7 Å². The fourth-order valence-corrected chi connectivity index (χ4v) is 3.30. The Labute approximate surface area is 115 Å². The third kappa shape index (κ3) is 3.34. The zero-order valence-corrected chi connectivity index (χ0v) is 11.5. The number of nitrogens with two attached hydrogens (primary N) is 1. The minimum Gasteiger partial charge on any atom is -0.396 e. The Balaban J connectivity index is 2.26. The SMILES string of the molecule is Nc1cc(S(=O)(=O)NN2CCOCC2)c(Cl)cc1F. The van der Waals surface area contributed by atoms with Gasteiger partial charge < -0.3 is 10.5 Å². The molecule has 0 saturated carbocycles. The molecule has 1 saturated heterocycles. The summed E-state index contributed by atoms with van der Waals surface area (Å²) in [6.07, 6.45) is 0. The second-order valence-electron chi connectivity index (χ2n) is 4.00. The van der Waals surface area contributed by atoms with E-state index in [0.29, 0.717) is 26.3 Å². The average molecular weight is 310 g/mol. The molecule has 3 N–H and O–H groups in total. The van der Waals surface area contributed by atoms with Crippen LogP contribution in [0.5, 0.6) is 0 Å². The van der Waals surface area contributed by atoms with E-state index in [1.165, 1.54) is 5.01 Å². The quantitative estimate of drug-likeness (QED) is 0.798. The van der Waals surface area contributed by atoms with E-state index in [0.717, 1.165) is 12.1 Å². The summed E-state index contributed by atoms with van der Waals surface area (Å²) >= 11 is 5.75. The minimum atomic E-state index is -3.89. The van der Waals surface area contributed by atoms with Crippen molar-refractivity contribution in [2.75, 3.05) is 32.0 Å². The first-order chi connectivity index (χ1) is 8.90. The number of nitrogens with zero attached hydrogens (tertiary/aromatic N) is 1. The number of hydrogen-bond acceptors (Lipinski definition) is 5. The van der Waals surface area contributed by atoms with Crippen LogP contribution >= 0.6 is 11.6 Å². The van der Waals surface area contributed by atoms with Crippen LogP contribution in [0, 0.1) is 5.82 Å². The fraction of sp³-hybridized carbons (Fsp3) is 0.400. The molecule has 0 aromatic heterocycles. The van der Waals surface area contributed by atoms with E-state index in [2.05, 4.69) is 4.83 Å². The van der Waals surface area contributed by atoms with Crippen LogP contribution in [0.2, 0.25) is 5.02 Å². The van der Waals surface area contributed by atoms with Gasteiger partial charge >= 0.3 is 0 Å². The van der Waals surface area contributed by atoms with Crippen molar-refractivity contribution in [1.82, 2.24) is 9.84 Å². The number of morpholine rings is 1. The van der Waals surface area contributed by atoms with E-state index in [-0.39, 0.29) is 15.6 Å². The normalized spacial score (nSPS) is 17.6. The second kappa shape index (κ2) is 5.59. The molecule has 0 aliphatic carbocycles. The zero-order chi connectivity index (χ0) is 14.0. The molecule has 19 heavy (non-hydrogen) atoms. The summed E-state index contributed by atoms with van der Waals surface area (Å²) in [6, 6.07) is 1.88. The molecule has 1 aromatic carbocycles. The summed E-state index contributed by atoms with van der Waals surface area (Å²) in [5.74, 6) is -0.754. The van der Waals surface area contributed by atoms with Crippen LogP contribution in [0.25, 0.3) is 0 Å². The highest BCUT2D eigenvalue weighted by Crippen LogP contribution is 2.26. The van der Waals surface area contributed by atoms with E-state index in [4.69, 9.17) is 22.1 Å². The summed E-state index contributed by atoms with van der Waals surface area (Å²) in [5, 5.41) is 1.28. The summed E-state index contributed by atoms with van der Waals surface area (Å²) in [6.45, 7) is 1.71. The van der Waals surface area contributed by atoms with Crippen LogP contribution in [0.3, 0.4) is 0 Å². The number of ether oxygens (including phenoxy) is 1. The molecule has 0 unspecified atom stereocenters. The van der Waals surface area contributed by atoms with Crippen molar-refractivity contribution in [3.8, 4) is 0 Å². The van der Waals surface area contributed by atoms with E-state index < -0.39 is 15.8 Å². The predicted octanol–water partition coefficient (Wildman–Crippen LogP) is 0.587. The first-order valence-corrected chi connectivity index (χ1v) is 7.36. The number of hydrazine groups is 1. The molecule has 1 aromatic rings. The highest BCUT2D eigenvalue weighted by atomic mass is 35.5. The lowest BCUT2D eigenvalue weighted by atomic mass is 10.3. The number of hydrogen-bond donors (Lipinski definition) is 2. The lowest BCUT2D eigenvalue weighted by molar-refractivity contribution is 0.0272. The Morgan fingerprint density at radius 1 is 1.37 bits per heavy atom. The van der Waals surface area contributed by atoms with Crippen LogP contribution in [0.15, 0.2) is 17.0 Å². The molecule has 0 bridgehead atoms. The molecule has 6 nitrogen and oxygen atoms in total. The van der Waals surface area contributed by atoms with Gasteiger partial charge in [0.05, 0.1) is 23.9 Å². The number of rotatable bonds is 3. The molecule has 0 amide bonds. The predicted molar refractivity (Wildman–Crippen MR) is 68.5 cm³/mol. The summed E-state index contributed by atoms with van der Waals surface area (Å²) in [4.78, 5) is 2.11. The average Bonchev–Trinajstić information content (AvgIpc) is 2.34. The third-order valence-corrected chi connectivity index (χ3v) is 4.44. The number of halogens is 2. The number of sulfonamides is 1. The molecule has 0 radical (unpaired) electrons. The molecule has 0 spiro atoms. The molecule has 0 atom stereocenters. The van der Waals surface area contributed by atoms with Crippen LogP contribution in [0.1, 0.15) is 0 Å². The van der Waals surface area contributed by atoms with Gasteiger partial charge in [-0.3, -0.25) is 0 Å². The third-order valence-electron chi connectivity index (χ3n) is 2.60. The van der Waals surface area contributed by atoms with Crippen LogP contribution < -0.4 is 10.6 Å². The molecule has 1 aliphatic rings. The van der Waals surface area contributed by atoms with Crippen molar-refractivity contribution in [2.45, 2.75) is 4.90 Å². The highest BCUT2D eigenvalue weighted by Gasteiger charge is 2.23. The van der Waals surface area contributed by atoms with Crippen molar-refractivity contribution in [3.05, 3.63) is 23.0 Å². The fourth-order valence-electron chi connectivity index (χ4n) is 1.62. The van der Waals surface area contributed by atoms with Crippen molar-refractivity contribution in [3.63, 3.8) is 0 Å². The van der Waals surface area contributed by atoms with Crippen molar-refractivity contribution < 1.29 is 17.5 Å². The highest BCUT2D eigenvalue weighted by molar-refractivity contribution is 7.89. The number of nitrogen functional groups attached to an aromatic ring is 1. The molecule has 106 valence electrons. The maximum absolute atomic E-state index is 13.2. The van der Waals surface area contributed by atoms with Gasteiger partial charge in [-0.05, 0) is 12.1 Å². The van der Waals surface area contributed by atoms with Gasteiger partial charge in [0.1, 0.15) is 10.7 Å². The molecule has 2 rings (SSSR count). The Kier molecular flexibility index (Phi) is 4.26. The van der Waals surface area contributed by atoms with Crippen molar-refractivity contribution >= 4 is 27.3 Å². The molecule has 1 aliphatic heterocycles. The maximum atomic E-state index is 13.2. The van der Waals surface area contributed by atoms with Crippen molar-refractivity contribution in [2.24, 2.45) is 0 Å². The zero-order valence-electron chi connectivity index (χ0n) is 9.90. The van der Waals surface area contributed by atoms with Gasteiger partial charge in [0.2, 0.25) is 0 Å². The number of nitrogens with one attached hydrogen (secondary N) is 1.